The summed E-state index contributed by atoms with van der Waals surface area (Å²) >= 11 is 3.39. The lowest BCUT2D eigenvalue weighted by atomic mass is 10.1. The topological polar surface area (TPSA) is 46.6 Å². The highest BCUT2D eigenvalue weighted by atomic mass is 79.9. The van der Waals surface area contributed by atoms with Gasteiger partial charge in [-0.05, 0) is 44.9 Å². The number of alkyl halides is 1. The van der Waals surface area contributed by atoms with Crippen LogP contribution in [0.3, 0.4) is 0 Å². The van der Waals surface area contributed by atoms with Gasteiger partial charge in [-0.25, -0.2) is 8.42 Å². The number of nitrogens with zero attached hydrogens (tertiary/aromatic N) is 1. The summed E-state index contributed by atoms with van der Waals surface area (Å²) in [5.74, 6) is 0. The molecule has 1 heterocycles. The molecule has 118 valence electrons. The summed E-state index contributed by atoms with van der Waals surface area (Å²) in [6, 6.07) is 5.53. The van der Waals surface area contributed by atoms with E-state index in [4.69, 9.17) is 4.74 Å². The molecular weight excluding hydrogens is 354 g/mol. The minimum absolute atomic E-state index is 0.131. The van der Waals surface area contributed by atoms with Crippen LogP contribution in [-0.4, -0.2) is 42.8 Å². The van der Waals surface area contributed by atoms with E-state index in [0.717, 1.165) is 11.1 Å². The van der Waals surface area contributed by atoms with Gasteiger partial charge in [0.15, 0.2) is 0 Å². The van der Waals surface area contributed by atoms with Crippen molar-refractivity contribution in [2.45, 2.75) is 44.3 Å². The van der Waals surface area contributed by atoms with E-state index >= 15 is 0 Å². The molecule has 1 unspecified atom stereocenters. The molecular formula is C15H22BrNO3S. The summed E-state index contributed by atoms with van der Waals surface area (Å²) in [5.41, 5.74) is 1.24. The van der Waals surface area contributed by atoms with Crippen LogP contribution in [-0.2, 0) is 14.8 Å². The average Bonchev–Trinajstić information content (AvgIpc) is 2.39. The Balaban J connectivity index is 2.41. The fraction of sp³-hybridized carbons (Fsp3) is 0.600. The van der Waals surface area contributed by atoms with Gasteiger partial charge >= 0.3 is 0 Å². The Kier molecular flexibility index (Phi) is 4.83. The molecule has 1 aromatic carbocycles. The number of sulfonamides is 1. The number of hydrogen-bond acceptors (Lipinski definition) is 3. The van der Waals surface area contributed by atoms with Gasteiger partial charge in [-0.2, -0.15) is 4.31 Å². The number of benzene rings is 1. The quantitative estimate of drug-likeness (QED) is 0.763. The molecule has 1 atom stereocenters. The first kappa shape index (κ1) is 16.9. The van der Waals surface area contributed by atoms with Crippen molar-refractivity contribution >= 4 is 26.0 Å². The molecule has 6 heteroatoms. The third kappa shape index (κ3) is 3.67. The summed E-state index contributed by atoms with van der Waals surface area (Å²) in [6.45, 7) is 8.33. The van der Waals surface area contributed by atoms with Gasteiger partial charge in [0.25, 0.3) is 0 Å². The van der Waals surface area contributed by atoms with Crippen LogP contribution in [0.4, 0.5) is 0 Å². The highest BCUT2D eigenvalue weighted by Gasteiger charge is 2.39. The second kappa shape index (κ2) is 5.99. The van der Waals surface area contributed by atoms with Crippen LogP contribution in [0.25, 0.3) is 0 Å². The van der Waals surface area contributed by atoms with Crippen LogP contribution in [0, 0.1) is 13.8 Å². The second-order valence-electron chi connectivity index (χ2n) is 6.22. The maximum absolute atomic E-state index is 13.0. The van der Waals surface area contributed by atoms with E-state index in [-0.39, 0.29) is 6.10 Å². The number of aryl methyl sites for hydroxylation is 2. The third-order valence-electron chi connectivity index (χ3n) is 3.58. The molecule has 0 saturated carbocycles. The zero-order valence-corrected chi connectivity index (χ0v) is 15.3. The van der Waals surface area contributed by atoms with Crippen molar-refractivity contribution in [2.75, 3.05) is 18.4 Å². The van der Waals surface area contributed by atoms with E-state index in [1.54, 1.807) is 10.4 Å². The molecule has 21 heavy (non-hydrogen) atoms. The first-order valence-corrected chi connectivity index (χ1v) is 9.53. The third-order valence-corrected chi connectivity index (χ3v) is 6.26. The summed E-state index contributed by atoms with van der Waals surface area (Å²) < 4.78 is 33.4. The maximum atomic E-state index is 13.0. The van der Waals surface area contributed by atoms with Crippen molar-refractivity contribution in [3.8, 4) is 0 Å². The number of halogens is 1. The van der Waals surface area contributed by atoms with Crippen molar-refractivity contribution in [1.82, 2.24) is 4.31 Å². The Bertz CT molecular complexity index is 628. The van der Waals surface area contributed by atoms with E-state index in [9.17, 15) is 8.42 Å². The second-order valence-corrected chi connectivity index (χ2v) is 8.77. The zero-order valence-electron chi connectivity index (χ0n) is 12.9. The van der Waals surface area contributed by atoms with Gasteiger partial charge in [-0.1, -0.05) is 28.1 Å². The van der Waals surface area contributed by atoms with Gasteiger partial charge in [0, 0.05) is 18.4 Å². The Labute approximate surface area is 135 Å². The minimum Gasteiger partial charge on any atom is -0.369 e. The average molecular weight is 376 g/mol. The fourth-order valence-corrected chi connectivity index (χ4v) is 4.90. The Morgan fingerprint density at radius 2 is 2.05 bits per heavy atom. The summed E-state index contributed by atoms with van der Waals surface area (Å²) in [5, 5.41) is 0.620. The predicted octanol–water partition coefficient (Wildman–Crippen LogP) is 2.87. The predicted molar refractivity (Wildman–Crippen MR) is 87.4 cm³/mol. The molecule has 0 spiro atoms. The zero-order chi connectivity index (χ0) is 15.8. The normalized spacial score (nSPS) is 23.2. The lowest BCUT2D eigenvalue weighted by molar-refractivity contribution is -0.106. The summed E-state index contributed by atoms with van der Waals surface area (Å²) in [4.78, 5) is 0.397. The van der Waals surface area contributed by atoms with E-state index in [1.807, 2.05) is 39.8 Å². The molecule has 0 aliphatic carbocycles. The molecule has 0 amide bonds. The van der Waals surface area contributed by atoms with Crippen LogP contribution in [0.15, 0.2) is 23.1 Å². The molecule has 1 aromatic rings. The standard InChI is InChI=1S/C15H22BrNO3S/c1-11-5-6-12(2)14(7-11)21(18,19)17-9-13(8-16)20-15(3,4)10-17/h5-7,13H,8-10H2,1-4H3. The highest BCUT2D eigenvalue weighted by Crippen LogP contribution is 2.28. The molecule has 4 nitrogen and oxygen atoms in total. The van der Waals surface area contributed by atoms with Crippen molar-refractivity contribution in [2.24, 2.45) is 0 Å². The van der Waals surface area contributed by atoms with E-state index in [0.29, 0.717) is 23.3 Å². The minimum atomic E-state index is -3.50. The molecule has 1 aliphatic heterocycles. The monoisotopic (exact) mass is 375 g/mol. The van der Waals surface area contributed by atoms with E-state index < -0.39 is 15.6 Å². The van der Waals surface area contributed by atoms with Crippen LogP contribution in [0.5, 0.6) is 0 Å². The van der Waals surface area contributed by atoms with Crippen LogP contribution in [0.1, 0.15) is 25.0 Å². The van der Waals surface area contributed by atoms with Crippen molar-refractivity contribution in [3.63, 3.8) is 0 Å². The molecule has 1 fully saturated rings. The van der Waals surface area contributed by atoms with Crippen LogP contribution >= 0.6 is 15.9 Å². The lowest BCUT2D eigenvalue weighted by Gasteiger charge is -2.41. The first-order valence-electron chi connectivity index (χ1n) is 6.97. The Morgan fingerprint density at radius 3 is 2.67 bits per heavy atom. The number of hydrogen-bond donors (Lipinski definition) is 0. The molecule has 0 N–H and O–H groups in total. The molecule has 0 radical (unpaired) electrons. The van der Waals surface area contributed by atoms with Gasteiger partial charge in [0.2, 0.25) is 10.0 Å². The molecule has 0 bridgehead atoms. The van der Waals surface area contributed by atoms with E-state index in [2.05, 4.69) is 15.9 Å². The van der Waals surface area contributed by atoms with Gasteiger partial charge in [-0.3, -0.25) is 0 Å². The van der Waals surface area contributed by atoms with Gasteiger partial charge in [-0.15, -0.1) is 0 Å². The number of rotatable bonds is 3. The molecule has 1 aliphatic rings. The largest absolute Gasteiger partial charge is 0.369 e. The smallest absolute Gasteiger partial charge is 0.243 e. The highest BCUT2D eigenvalue weighted by molar-refractivity contribution is 9.09. The van der Waals surface area contributed by atoms with E-state index in [1.165, 1.54) is 0 Å². The van der Waals surface area contributed by atoms with Crippen molar-refractivity contribution < 1.29 is 13.2 Å². The van der Waals surface area contributed by atoms with Gasteiger partial charge in [0.05, 0.1) is 16.6 Å². The van der Waals surface area contributed by atoms with Gasteiger partial charge in [0.1, 0.15) is 0 Å². The van der Waals surface area contributed by atoms with Crippen molar-refractivity contribution in [3.05, 3.63) is 29.3 Å². The molecule has 2 rings (SSSR count). The first-order chi connectivity index (χ1) is 9.65. The van der Waals surface area contributed by atoms with Gasteiger partial charge < -0.3 is 4.74 Å². The SMILES string of the molecule is Cc1ccc(C)c(S(=O)(=O)N2CC(CBr)OC(C)(C)C2)c1. The van der Waals surface area contributed by atoms with Crippen LogP contribution < -0.4 is 0 Å². The Hall–Kier alpha value is -0.430. The molecule has 1 saturated heterocycles. The Morgan fingerprint density at radius 1 is 1.38 bits per heavy atom. The number of ether oxygens (including phenoxy) is 1. The number of morpholine rings is 1. The maximum Gasteiger partial charge on any atom is 0.243 e. The summed E-state index contributed by atoms with van der Waals surface area (Å²) in [7, 11) is -3.50. The molecule has 0 aromatic heterocycles. The fourth-order valence-electron chi connectivity index (χ4n) is 2.63. The lowest BCUT2D eigenvalue weighted by Crippen LogP contribution is -2.55. The van der Waals surface area contributed by atoms with Crippen LogP contribution in [0.2, 0.25) is 0 Å². The summed E-state index contributed by atoms with van der Waals surface area (Å²) in [6.07, 6.45) is -0.131. The van der Waals surface area contributed by atoms with Crippen molar-refractivity contribution in [1.29, 1.82) is 0 Å².